The molecule has 0 fully saturated rings. The molecule has 1 amide bonds. The second-order valence-electron chi connectivity index (χ2n) is 5.78. The quantitative estimate of drug-likeness (QED) is 0.907. The van der Waals surface area contributed by atoms with Crippen LogP contribution in [0.4, 0.5) is 5.69 Å². The molecule has 0 spiro atoms. The van der Waals surface area contributed by atoms with Crippen molar-refractivity contribution in [3.05, 3.63) is 45.1 Å². The lowest BCUT2D eigenvalue weighted by atomic mass is 10.2. The van der Waals surface area contributed by atoms with Gasteiger partial charge in [-0.15, -0.1) is 11.3 Å². The molecule has 0 bridgehead atoms. The number of nitrogens with zero attached hydrogens (tertiary/aromatic N) is 1. The summed E-state index contributed by atoms with van der Waals surface area (Å²) in [5, 5.41) is 0. The summed E-state index contributed by atoms with van der Waals surface area (Å²) in [6.07, 6.45) is 1.59. The van der Waals surface area contributed by atoms with Crippen LogP contribution in [-0.2, 0) is 22.9 Å². The first-order valence-corrected chi connectivity index (χ1v) is 10.1. The Morgan fingerprint density at radius 2 is 2.08 bits per heavy atom. The Labute approximate surface area is 146 Å². The van der Waals surface area contributed by atoms with Crippen LogP contribution in [0.15, 0.2) is 29.2 Å². The first-order valence-electron chi connectivity index (χ1n) is 7.85. The summed E-state index contributed by atoms with van der Waals surface area (Å²) in [5.41, 5.74) is 2.85. The minimum absolute atomic E-state index is 0.00854. The summed E-state index contributed by atoms with van der Waals surface area (Å²) < 4.78 is 26.2. The van der Waals surface area contributed by atoms with Crippen molar-refractivity contribution in [1.29, 1.82) is 0 Å². The summed E-state index contributed by atoms with van der Waals surface area (Å²) in [5.74, 6) is -0.00854. The Hall–Kier alpha value is -1.70. The third-order valence-electron chi connectivity index (χ3n) is 4.32. The molecule has 1 aliphatic heterocycles. The van der Waals surface area contributed by atoms with E-state index in [-0.39, 0.29) is 10.8 Å². The first-order chi connectivity index (χ1) is 11.4. The zero-order valence-corrected chi connectivity index (χ0v) is 15.6. The molecule has 0 atom stereocenters. The number of aryl methyl sites for hydroxylation is 2. The Balaban J connectivity index is 1.93. The third-order valence-corrected chi connectivity index (χ3v) is 7.10. The lowest BCUT2D eigenvalue weighted by molar-refractivity contribution is 0.0993. The van der Waals surface area contributed by atoms with Gasteiger partial charge in [0.05, 0.1) is 9.77 Å². The maximum absolute atomic E-state index is 12.8. The highest BCUT2D eigenvalue weighted by Crippen LogP contribution is 2.33. The van der Waals surface area contributed by atoms with E-state index in [4.69, 9.17) is 0 Å². The van der Waals surface area contributed by atoms with Gasteiger partial charge in [0.25, 0.3) is 5.91 Å². The van der Waals surface area contributed by atoms with Gasteiger partial charge in [0.2, 0.25) is 10.0 Å². The van der Waals surface area contributed by atoms with Crippen LogP contribution in [0, 0.1) is 6.92 Å². The van der Waals surface area contributed by atoms with E-state index in [0.717, 1.165) is 28.1 Å². The standard InChI is InChI=1S/C17H20N2O3S2/c1-4-15-11(2)9-16(23-15)17(20)19-8-7-12-10-13(5-6-14(12)19)24(21,22)18-3/h5-6,9-10,18H,4,7-8H2,1-3H3. The summed E-state index contributed by atoms with van der Waals surface area (Å²) >= 11 is 1.54. The molecule has 128 valence electrons. The number of thiophene rings is 1. The molecule has 3 rings (SSSR count). The van der Waals surface area contributed by atoms with Crippen molar-refractivity contribution in [3.63, 3.8) is 0 Å². The monoisotopic (exact) mass is 364 g/mol. The number of hydrogen-bond acceptors (Lipinski definition) is 4. The van der Waals surface area contributed by atoms with Crippen LogP contribution in [0.5, 0.6) is 0 Å². The average Bonchev–Trinajstić information content (AvgIpc) is 3.16. The number of amides is 1. The molecule has 2 heterocycles. The van der Waals surface area contributed by atoms with Crippen molar-refractivity contribution in [2.45, 2.75) is 31.6 Å². The second-order valence-corrected chi connectivity index (χ2v) is 8.80. The van der Waals surface area contributed by atoms with Gasteiger partial charge in [0.1, 0.15) is 0 Å². The van der Waals surface area contributed by atoms with Gasteiger partial charge < -0.3 is 4.90 Å². The van der Waals surface area contributed by atoms with Crippen LogP contribution < -0.4 is 9.62 Å². The summed E-state index contributed by atoms with van der Waals surface area (Å²) in [6.45, 7) is 4.69. The van der Waals surface area contributed by atoms with Crippen LogP contribution in [0.2, 0.25) is 0 Å². The van der Waals surface area contributed by atoms with Crippen LogP contribution in [0.3, 0.4) is 0 Å². The second kappa shape index (κ2) is 6.31. The minimum Gasteiger partial charge on any atom is -0.307 e. The van der Waals surface area contributed by atoms with Crippen molar-refractivity contribution in [2.75, 3.05) is 18.5 Å². The predicted octanol–water partition coefficient (Wildman–Crippen LogP) is 2.73. The van der Waals surface area contributed by atoms with E-state index in [0.29, 0.717) is 13.0 Å². The summed E-state index contributed by atoms with van der Waals surface area (Å²) in [4.78, 5) is 16.8. The largest absolute Gasteiger partial charge is 0.307 e. The molecular weight excluding hydrogens is 344 g/mol. The van der Waals surface area contributed by atoms with E-state index in [1.165, 1.54) is 11.9 Å². The van der Waals surface area contributed by atoms with Crippen molar-refractivity contribution < 1.29 is 13.2 Å². The molecule has 5 nitrogen and oxygen atoms in total. The van der Waals surface area contributed by atoms with Gasteiger partial charge in [-0.1, -0.05) is 6.92 Å². The molecular formula is C17H20N2O3S2. The van der Waals surface area contributed by atoms with Crippen LogP contribution in [-0.4, -0.2) is 27.9 Å². The number of rotatable bonds is 4. The van der Waals surface area contributed by atoms with Crippen LogP contribution in [0.25, 0.3) is 0 Å². The molecule has 1 aromatic carbocycles. The number of hydrogen-bond donors (Lipinski definition) is 1. The van der Waals surface area contributed by atoms with Gasteiger partial charge >= 0.3 is 0 Å². The normalized spacial score (nSPS) is 14.0. The maximum atomic E-state index is 12.8. The number of fused-ring (bicyclic) bond motifs is 1. The molecule has 0 radical (unpaired) electrons. The van der Waals surface area contributed by atoms with Crippen molar-refractivity contribution >= 4 is 33.0 Å². The SMILES string of the molecule is CCc1sc(C(=O)N2CCc3cc(S(=O)(=O)NC)ccc32)cc1C. The van der Waals surface area contributed by atoms with E-state index in [2.05, 4.69) is 11.6 Å². The summed E-state index contributed by atoms with van der Waals surface area (Å²) in [6, 6.07) is 6.88. The van der Waals surface area contributed by atoms with E-state index in [1.54, 1.807) is 34.4 Å². The predicted molar refractivity (Wildman–Crippen MR) is 96.5 cm³/mol. The Morgan fingerprint density at radius 3 is 2.71 bits per heavy atom. The Morgan fingerprint density at radius 1 is 1.33 bits per heavy atom. The molecule has 1 aliphatic rings. The van der Waals surface area contributed by atoms with E-state index >= 15 is 0 Å². The molecule has 0 unspecified atom stereocenters. The minimum atomic E-state index is -3.47. The molecule has 0 aliphatic carbocycles. The molecule has 1 aromatic heterocycles. The molecule has 24 heavy (non-hydrogen) atoms. The van der Waals surface area contributed by atoms with Gasteiger partial charge in [0.15, 0.2) is 0 Å². The fraction of sp³-hybridized carbons (Fsp3) is 0.353. The first kappa shape index (κ1) is 17.1. The maximum Gasteiger partial charge on any atom is 0.268 e. The number of benzene rings is 1. The van der Waals surface area contributed by atoms with E-state index in [9.17, 15) is 13.2 Å². The number of sulfonamides is 1. The highest BCUT2D eigenvalue weighted by Gasteiger charge is 2.28. The number of carbonyl (C=O) groups excluding carboxylic acids is 1. The summed E-state index contributed by atoms with van der Waals surface area (Å²) in [7, 11) is -2.08. The smallest absolute Gasteiger partial charge is 0.268 e. The molecule has 0 saturated carbocycles. The molecule has 1 N–H and O–H groups in total. The van der Waals surface area contributed by atoms with Crippen molar-refractivity contribution in [2.24, 2.45) is 0 Å². The fourth-order valence-corrected chi connectivity index (χ4v) is 4.83. The van der Waals surface area contributed by atoms with Gasteiger partial charge in [0, 0.05) is 17.1 Å². The lowest BCUT2D eigenvalue weighted by Gasteiger charge is -2.16. The zero-order chi connectivity index (χ0) is 17.5. The van der Waals surface area contributed by atoms with Gasteiger partial charge in [-0.25, -0.2) is 13.1 Å². The number of carbonyl (C=O) groups is 1. The third kappa shape index (κ3) is 2.87. The van der Waals surface area contributed by atoms with Gasteiger partial charge in [-0.2, -0.15) is 0 Å². The highest BCUT2D eigenvalue weighted by molar-refractivity contribution is 7.89. The molecule has 0 saturated heterocycles. The van der Waals surface area contributed by atoms with Crippen LogP contribution in [0.1, 0.15) is 32.6 Å². The molecule has 2 aromatic rings. The van der Waals surface area contributed by atoms with Crippen LogP contribution >= 0.6 is 11.3 Å². The average molecular weight is 364 g/mol. The fourth-order valence-electron chi connectivity index (χ4n) is 2.98. The lowest BCUT2D eigenvalue weighted by Crippen LogP contribution is -2.28. The number of anilines is 1. The van der Waals surface area contributed by atoms with Gasteiger partial charge in [-0.3, -0.25) is 4.79 Å². The van der Waals surface area contributed by atoms with Crippen molar-refractivity contribution in [3.8, 4) is 0 Å². The van der Waals surface area contributed by atoms with Crippen molar-refractivity contribution in [1.82, 2.24) is 4.72 Å². The molecule has 7 heteroatoms. The van der Waals surface area contributed by atoms with E-state index < -0.39 is 10.0 Å². The number of nitrogens with one attached hydrogen (secondary N) is 1. The zero-order valence-electron chi connectivity index (χ0n) is 13.9. The van der Waals surface area contributed by atoms with E-state index in [1.807, 2.05) is 13.0 Å². The highest BCUT2D eigenvalue weighted by atomic mass is 32.2. The Kier molecular flexibility index (Phi) is 4.50. The topological polar surface area (TPSA) is 66.5 Å². The van der Waals surface area contributed by atoms with Gasteiger partial charge in [-0.05, 0) is 62.2 Å². The Bertz CT molecular complexity index is 901.